The van der Waals surface area contributed by atoms with Crippen LogP contribution >= 0.6 is 11.6 Å². The SMILES string of the molecule is CC(C)c1cc(OC2CCN(C(C)(C)C)CC2)nnc1Cl. The molecule has 0 bridgehead atoms. The van der Waals surface area contributed by atoms with Gasteiger partial charge in [0.2, 0.25) is 5.88 Å². The summed E-state index contributed by atoms with van der Waals surface area (Å²) in [5.41, 5.74) is 1.23. The van der Waals surface area contributed by atoms with Gasteiger partial charge in [-0.1, -0.05) is 25.4 Å². The number of piperidine rings is 1. The molecule has 1 aliphatic heterocycles. The van der Waals surface area contributed by atoms with Crippen molar-refractivity contribution in [2.45, 2.75) is 65.0 Å². The molecule has 1 aromatic rings. The zero-order chi connectivity index (χ0) is 15.6. The van der Waals surface area contributed by atoms with Gasteiger partial charge in [0.05, 0.1) is 0 Å². The van der Waals surface area contributed by atoms with Gasteiger partial charge in [0, 0.05) is 24.7 Å². The largest absolute Gasteiger partial charge is 0.473 e. The number of rotatable bonds is 3. The first-order chi connectivity index (χ1) is 9.77. The van der Waals surface area contributed by atoms with Gasteiger partial charge in [-0.15, -0.1) is 10.2 Å². The Morgan fingerprint density at radius 1 is 1.24 bits per heavy atom. The predicted molar refractivity (Wildman–Crippen MR) is 86.1 cm³/mol. The van der Waals surface area contributed by atoms with Gasteiger partial charge >= 0.3 is 0 Å². The summed E-state index contributed by atoms with van der Waals surface area (Å²) in [6.07, 6.45) is 2.27. The van der Waals surface area contributed by atoms with Gasteiger partial charge in [-0.2, -0.15) is 0 Å². The zero-order valence-corrected chi connectivity index (χ0v) is 14.4. The van der Waals surface area contributed by atoms with E-state index in [1.807, 2.05) is 6.07 Å². The van der Waals surface area contributed by atoms with Gasteiger partial charge in [0.15, 0.2) is 5.15 Å². The fraction of sp³-hybridized carbons (Fsp3) is 0.750. The average Bonchev–Trinajstić information content (AvgIpc) is 2.40. The van der Waals surface area contributed by atoms with Crippen LogP contribution in [0.1, 0.15) is 58.9 Å². The third-order valence-corrected chi connectivity index (χ3v) is 4.35. The number of aromatic nitrogens is 2. The van der Waals surface area contributed by atoms with Crippen molar-refractivity contribution in [3.63, 3.8) is 0 Å². The second-order valence-electron chi connectivity index (χ2n) is 7.06. The molecule has 0 atom stereocenters. The molecule has 1 fully saturated rings. The van der Waals surface area contributed by atoms with E-state index in [0.717, 1.165) is 31.5 Å². The smallest absolute Gasteiger partial charge is 0.234 e. The van der Waals surface area contributed by atoms with Gasteiger partial charge in [-0.05, 0) is 45.1 Å². The topological polar surface area (TPSA) is 38.2 Å². The van der Waals surface area contributed by atoms with E-state index in [0.29, 0.717) is 17.0 Å². The molecule has 0 amide bonds. The molecular weight excluding hydrogens is 286 g/mol. The van der Waals surface area contributed by atoms with Crippen LogP contribution in [0.5, 0.6) is 5.88 Å². The number of halogens is 1. The first-order valence-electron chi connectivity index (χ1n) is 7.72. The fourth-order valence-corrected chi connectivity index (χ4v) is 2.96. The fourth-order valence-electron chi connectivity index (χ4n) is 2.65. The van der Waals surface area contributed by atoms with E-state index >= 15 is 0 Å². The molecule has 1 saturated heterocycles. The van der Waals surface area contributed by atoms with Crippen molar-refractivity contribution in [1.82, 2.24) is 15.1 Å². The Morgan fingerprint density at radius 3 is 2.38 bits per heavy atom. The molecule has 0 radical (unpaired) electrons. The second-order valence-corrected chi connectivity index (χ2v) is 7.42. The lowest BCUT2D eigenvalue weighted by atomic mass is 9.99. The van der Waals surface area contributed by atoms with E-state index in [1.54, 1.807) is 0 Å². The normalized spacial score (nSPS) is 18.2. The monoisotopic (exact) mass is 311 g/mol. The van der Waals surface area contributed by atoms with E-state index in [1.165, 1.54) is 0 Å². The Labute approximate surface area is 132 Å². The van der Waals surface area contributed by atoms with Crippen molar-refractivity contribution < 1.29 is 4.74 Å². The molecule has 2 heterocycles. The summed E-state index contributed by atoms with van der Waals surface area (Å²) < 4.78 is 6.00. The summed E-state index contributed by atoms with van der Waals surface area (Å²) in [6.45, 7) is 13.1. The van der Waals surface area contributed by atoms with Gasteiger partial charge in [-0.25, -0.2) is 0 Å². The predicted octanol–water partition coefficient (Wildman–Crippen LogP) is 3.90. The molecule has 0 saturated carbocycles. The summed E-state index contributed by atoms with van der Waals surface area (Å²) in [5.74, 6) is 0.912. The molecule has 5 heteroatoms. The third kappa shape index (κ3) is 4.30. The van der Waals surface area contributed by atoms with Crippen LogP contribution in [0, 0.1) is 0 Å². The van der Waals surface area contributed by atoms with Crippen molar-refractivity contribution in [3.8, 4) is 5.88 Å². The molecule has 1 aromatic heterocycles. The van der Waals surface area contributed by atoms with Crippen LogP contribution in [0.3, 0.4) is 0 Å². The molecule has 2 rings (SSSR count). The minimum Gasteiger partial charge on any atom is -0.473 e. The van der Waals surface area contributed by atoms with Crippen LogP contribution in [-0.4, -0.2) is 39.8 Å². The molecule has 118 valence electrons. The van der Waals surface area contributed by atoms with Crippen LogP contribution in [0.2, 0.25) is 5.15 Å². The highest BCUT2D eigenvalue weighted by molar-refractivity contribution is 6.30. The maximum atomic E-state index is 6.07. The zero-order valence-electron chi connectivity index (χ0n) is 13.7. The van der Waals surface area contributed by atoms with Crippen molar-refractivity contribution in [2.75, 3.05) is 13.1 Å². The minimum absolute atomic E-state index is 0.221. The van der Waals surface area contributed by atoms with E-state index in [4.69, 9.17) is 16.3 Å². The molecular formula is C16H26ClN3O. The molecule has 0 aliphatic carbocycles. The van der Waals surface area contributed by atoms with E-state index in [2.05, 4.69) is 49.7 Å². The van der Waals surface area contributed by atoms with E-state index < -0.39 is 0 Å². The minimum atomic E-state index is 0.221. The highest BCUT2D eigenvalue weighted by Gasteiger charge is 2.28. The summed E-state index contributed by atoms with van der Waals surface area (Å²) in [7, 11) is 0. The lowest BCUT2D eigenvalue weighted by Gasteiger charge is -2.40. The van der Waals surface area contributed by atoms with Crippen LogP contribution in [-0.2, 0) is 0 Å². The van der Waals surface area contributed by atoms with Crippen molar-refractivity contribution >= 4 is 11.6 Å². The highest BCUT2D eigenvalue weighted by Crippen LogP contribution is 2.27. The first kappa shape index (κ1) is 16.5. The molecule has 0 aromatic carbocycles. The Kier molecular flexibility index (Phi) is 5.10. The lowest BCUT2D eigenvalue weighted by Crippen LogP contribution is -2.48. The van der Waals surface area contributed by atoms with E-state index in [-0.39, 0.29) is 11.6 Å². The lowest BCUT2D eigenvalue weighted by molar-refractivity contribution is 0.0467. The summed E-state index contributed by atoms with van der Waals surface area (Å²) in [5, 5.41) is 8.54. The second kappa shape index (κ2) is 6.49. The molecule has 0 N–H and O–H groups in total. The summed E-state index contributed by atoms with van der Waals surface area (Å²) in [4.78, 5) is 2.50. The van der Waals surface area contributed by atoms with Gasteiger partial charge in [-0.3, -0.25) is 4.90 Å². The van der Waals surface area contributed by atoms with Gasteiger partial charge in [0.25, 0.3) is 0 Å². The van der Waals surface area contributed by atoms with Crippen LogP contribution in [0.4, 0.5) is 0 Å². The van der Waals surface area contributed by atoms with Crippen molar-refractivity contribution in [1.29, 1.82) is 0 Å². The third-order valence-electron chi connectivity index (χ3n) is 4.05. The molecule has 4 nitrogen and oxygen atoms in total. The average molecular weight is 312 g/mol. The quantitative estimate of drug-likeness (QED) is 0.848. The molecule has 0 spiro atoms. The number of ether oxygens (including phenoxy) is 1. The molecule has 0 unspecified atom stereocenters. The molecule has 1 aliphatic rings. The molecule has 21 heavy (non-hydrogen) atoms. The first-order valence-corrected chi connectivity index (χ1v) is 8.10. The highest BCUT2D eigenvalue weighted by atomic mass is 35.5. The maximum absolute atomic E-state index is 6.07. The standard InChI is InChI=1S/C16H26ClN3O/c1-11(2)13-10-14(18-19-15(13)17)21-12-6-8-20(9-7-12)16(3,4)5/h10-12H,6-9H2,1-5H3. The van der Waals surface area contributed by atoms with E-state index in [9.17, 15) is 0 Å². The number of likely N-dealkylation sites (tertiary alicyclic amines) is 1. The number of hydrogen-bond donors (Lipinski definition) is 0. The van der Waals surface area contributed by atoms with Crippen molar-refractivity contribution in [2.24, 2.45) is 0 Å². The van der Waals surface area contributed by atoms with Crippen molar-refractivity contribution in [3.05, 3.63) is 16.8 Å². The van der Waals surface area contributed by atoms with Crippen LogP contribution < -0.4 is 4.74 Å². The van der Waals surface area contributed by atoms with Crippen LogP contribution in [0.25, 0.3) is 0 Å². The number of nitrogens with zero attached hydrogens (tertiary/aromatic N) is 3. The summed E-state index contributed by atoms with van der Waals surface area (Å²) >= 11 is 6.07. The van der Waals surface area contributed by atoms with Gasteiger partial charge < -0.3 is 4.74 Å². The number of hydrogen-bond acceptors (Lipinski definition) is 4. The summed E-state index contributed by atoms with van der Waals surface area (Å²) in [6, 6.07) is 1.93. The Morgan fingerprint density at radius 2 is 1.86 bits per heavy atom. The Bertz CT molecular complexity index is 477. The van der Waals surface area contributed by atoms with Crippen LogP contribution in [0.15, 0.2) is 6.07 Å². The Balaban J connectivity index is 1.96. The van der Waals surface area contributed by atoms with Gasteiger partial charge in [0.1, 0.15) is 6.10 Å². The maximum Gasteiger partial charge on any atom is 0.234 e. The Hall–Kier alpha value is -0.870.